The number of amides is 1. The lowest BCUT2D eigenvalue weighted by Gasteiger charge is -2.13. The lowest BCUT2D eigenvalue weighted by atomic mass is 10.2. The van der Waals surface area contributed by atoms with Crippen LogP contribution in [0, 0.1) is 5.82 Å². The molecule has 3 aromatic rings. The number of carbonyl (C=O) groups excluding carboxylic acids is 1. The Hall–Kier alpha value is -3.22. The van der Waals surface area contributed by atoms with Gasteiger partial charge < -0.3 is 9.88 Å². The summed E-state index contributed by atoms with van der Waals surface area (Å²) in [5, 5.41) is 6.66. The lowest BCUT2D eigenvalue weighted by molar-refractivity contribution is -0.119. The monoisotopic (exact) mass is 340 g/mol. The van der Waals surface area contributed by atoms with Crippen LogP contribution in [0.1, 0.15) is 18.5 Å². The van der Waals surface area contributed by atoms with Gasteiger partial charge in [0, 0.05) is 18.6 Å². The first-order valence-corrected chi connectivity index (χ1v) is 7.78. The van der Waals surface area contributed by atoms with Gasteiger partial charge in [-0.25, -0.2) is 4.39 Å². The Morgan fingerprint density at radius 2 is 1.96 bits per heavy atom. The SMILES string of the molecule is CC(C(=O)Nc1cccn(Cc2ccc(F)cc2)c1=O)n1cccn1. The number of aromatic nitrogens is 3. The van der Waals surface area contributed by atoms with E-state index in [2.05, 4.69) is 10.4 Å². The minimum Gasteiger partial charge on any atom is -0.320 e. The highest BCUT2D eigenvalue weighted by atomic mass is 19.1. The number of hydrogen-bond acceptors (Lipinski definition) is 3. The van der Waals surface area contributed by atoms with Crippen LogP contribution in [0.4, 0.5) is 10.1 Å². The van der Waals surface area contributed by atoms with Gasteiger partial charge in [-0.2, -0.15) is 5.10 Å². The van der Waals surface area contributed by atoms with E-state index in [0.717, 1.165) is 5.56 Å². The average molecular weight is 340 g/mol. The van der Waals surface area contributed by atoms with E-state index in [1.807, 2.05) is 0 Å². The van der Waals surface area contributed by atoms with Gasteiger partial charge in [0.25, 0.3) is 5.56 Å². The molecule has 25 heavy (non-hydrogen) atoms. The first-order valence-electron chi connectivity index (χ1n) is 7.78. The zero-order valence-electron chi connectivity index (χ0n) is 13.6. The molecule has 0 saturated heterocycles. The molecule has 1 atom stereocenters. The Bertz CT molecular complexity index is 917. The molecule has 1 amide bonds. The molecule has 1 unspecified atom stereocenters. The summed E-state index contributed by atoms with van der Waals surface area (Å²) in [4.78, 5) is 24.8. The van der Waals surface area contributed by atoms with Gasteiger partial charge in [-0.05, 0) is 42.8 Å². The molecule has 0 fully saturated rings. The van der Waals surface area contributed by atoms with Crippen LogP contribution in [0.25, 0.3) is 0 Å². The van der Waals surface area contributed by atoms with Gasteiger partial charge in [0.15, 0.2) is 0 Å². The van der Waals surface area contributed by atoms with E-state index in [1.54, 1.807) is 55.8 Å². The number of anilines is 1. The number of carbonyl (C=O) groups is 1. The molecule has 0 aliphatic carbocycles. The van der Waals surface area contributed by atoms with Crippen LogP contribution in [-0.4, -0.2) is 20.3 Å². The summed E-state index contributed by atoms with van der Waals surface area (Å²) < 4.78 is 16.0. The van der Waals surface area contributed by atoms with Crippen molar-refractivity contribution in [2.45, 2.75) is 19.5 Å². The topological polar surface area (TPSA) is 68.9 Å². The van der Waals surface area contributed by atoms with Crippen LogP contribution >= 0.6 is 0 Å². The van der Waals surface area contributed by atoms with Gasteiger partial charge in [0.2, 0.25) is 5.91 Å². The standard InChI is InChI=1S/C18H17FN4O2/c1-13(23-11-3-9-20-23)17(24)21-16-4-2-10-22(18(16)25)12-14-5-7-15(19)8-6-14/h2-11,13H,12H2,1H3,(H,21,24). The summed E-state index contributed by atoms with van der Waals surface area (Å²) in [7, 11) is 0. The van der Waals surface area contributed by atoms with Crippen LogP contribution in [0.15, 0.2) is 65.8 Å². The lowest BCUT2D eigenvalue weighted by Crippen LogP contribution is -2.29. The number of nitrogens with one attached hydrogen (secondary N) is 1. The van der Waals surface area contributed by atoms with Crippen molar-refractivity contribution in [2.24, 2.45) is 0 Å². The molecule has 0 spiro atoms. The third-order valence-corrected chi connectivity index (χ3v) is 3.85. The van der Waals surface area contributed by atoms with Gasteiger partial charge in [-0.1, -0.05) is 12.1 Å². The zero-order valence-corrected chi connectivity index (χ0v) is 13.6. The Morgan fingerprint density at radius 1 is 1.20 bits per heavy atom. The second-order valence-electron chi connectivity index (χ2n) is 5.63. The maximum absolute atomic E-state index is 13.0. The fourth-order valence-corrected chi connectivity index (χ4v) is 2.41. The summed E-state index contributed by atoms with van der Waals surface area (Å²) in [5.41, 5.74) is 0.651. The average Bonchev–Trinajstić information content (AvgIpc) is 3.14. The molecular weight excluding hydrogens is 323 g/mol. The molecule has 6 nitrogen and oxygen atoms in total. The van der Waals surface area contributed by atoms with Crippen LogP contribution < -0.4 is 10.9 Å². The Balaban J connectivity index is 1.78. The smallest absolute Gasteiger partial charge is 0.274 e. The Morgan fingerprint density at radius 3 is 2.64 bits per heavy atom. The predicted octanol–water partition coefficient (Wildman–Crippen LogP) is 2.43. The van der Waals surface area contributed by atoms with E-state index in [0.29, 0.717) is 0 Å². The second kappa shape index (κ2) is 7.12. The van der Waals surface area contributed by atoms with E-state index >= 15 is 0 Å². The molecule has 2 aromatic heterocycles. The van der Waals surface area contributed by atoms with Crippen LogP contribution in [0.2, 0.25) is 0 Å². The number of pyridine rings is 1. The Kier molecular flexibility index (Phi) is 4.74. The number of halogens is 1. The quantitative estimate of drug-likeness (QED) is 0.776. The van der Waals surface area contributed by atoms with E-state index < -0.39 is 6.04 Å². The molecule has 7 heteroatoms. The fourth-order valence-electron chi connectivity index (χ4n) is 2.41. The maximum Gasteiger partial charge on any atom is 0.274 e. The van der Waals surface area contributed by atoms with Crippen molar-refractivity contribution in [3.05, 3.63) is 82.8 Å². The summed E-state index contributed by atoms with van der Waals surface area (Å²) in [5.74, 6) is -0.662. The summed E-state index contributed by atoms with van der Waals surface area (Å²) >= 11 is 0. The van der Waals surface area contributed by atoms with Gasteiger partial charge >= 0.3 is 0 Å². The molecule has 1 N–H and O–H groups in total. The summed E-state index contributed by atoms with van der Waals surface area (Å²) in [6.45, 7) is 1.99. The predicted molar refractivity (Wildman–Crippen MR) is 91.8 cm³/mol. The van der Waals surface area contributed by atoms with Crippen molar-refractivity contribution in [1.29, 1.82) is 0 Å². The highest BCUT2D eigenvalue weighted by molar-refractivity contribution is 5.93. The molecule has 0 bridgehead atoms. The molecule has 1 aromatic carbocycles. The highest BCUT2D eigenvalue weighted by Crippen LogP contribution is 2.09. The van der Waals surface area contributed by atoms with Crippen molar-refractivity contribution >= 4 is 11.6 Å². The molecule has 3 rings (SSSR count). The number of nitrogens with zero attached hydrogens (tertiary/aromatic N) is 3. The van der Waals surface area contributed by atoms with Gasteiger partial charge in [0.05, 0.1) is 6.54 Å². The number of benzene rings is 1. The molecule has 2 heterocycles. The molecular formula is C18H17FN4O2. The van der Waals surface area contributed by atoms with Crippen molar-refractivity contribution in [1.82, 2.24) is 14.3 Å². The zero-order chi connectivity index (χ0) is 17.8. The van der Waals surface area contributed by atoms with E-state index in [-0.39, 0.29) is 29.5 Å². The van der Waals surface area contributed by atoms with Crippen molar-refractivity contribution in [3.8, 4) is 0 Å². The fraction of sp³-hybridized carbons (Fsp3) is 0.167. The van der Waals surface area contributed by atoms with Gasteiger partial charge in [0.1, 0.15) is 17.5 Å². The maximum atomic E-state index is 13.0. The highest BCUT2D eigenvalue weighted by Gasteiger charge is 2.16. The largest absolute Gasteiger partial charge is 0.320 e. The normalized spacial score (nSPS) is 11.9. The van der Waals surface area contributed by atoms with Crippen molar-refractivity contribution in [2.75, 3.05) is 5.32 Å². The van der Waals surface area contributed by atoms with E-state index in [9.17, 15) is 14.0 Å². The third-order valence-electron chi connectivity index (χ3n) is 3.85. The van der Waals surface area contributed by atoms with Crippen molar-refractivity contribution < 1.29 is 9.18 Å². The van der Waals surface area contributed by atoms with Crippen molar-refractivity contribution in [3.63, 3.8) is 0 Å². The van der Waals surface area contributed by atoms with Crippen LogP contribution in [0.3, 0.4) is 0 Å². The van der Waals surface area contributed by atoms with Gasteiger partial charge in [-0.15, -0.1) is 0 Å². The van der Waals surface area contributed by atoms with Crippen LogP contribution in [-0.2, 0) is 11.3 Å². The number of hydrogen-bond donors (Lipinski definition) is 1. The molecule has 0 aliphatic heterocycles. The second-order valence-corrected chi connectivity index (χ2v) is 5.63. The minimum atomic E-state index is -0.542. The first kappa shape index (κ1) is 16.6. The Labute approximate surface area is 143 Å². The third kappa shape index (κ3) is 3.82. The first-order chi connectivity index (χ1) is 12.0. The van der Waals surface area contributed by atoms with Crippen LogP contribution in [0.5, 0.6) is 0 Å². The minimum absolute atomic E-state index is 0.189. The molecule has 0 aliphatic rings. The van der Waals surface area contributed by atoms with Gasteiger partial charge in [-0.3, -0.25) is 14.3 Å². The molecule has 0 radical (unpaired) electrons. The van der Waals surface area contributed by atoms with E-state index in [4.69, 9.17) is 0 Å². The summed E-state index contributed by atoms with van der Waals surface area (Å²) in [6, 6.07) is 10.3. The summed E-state index contributed by atoms with van der Waals surface area (Å²) in [6.07, 6.45) is 4.89. The number of rotatable bonds is 5. The molecule has 128 valence electrons. The van der Waals surface area contributed by atoms with E-state index in [1.165, 1.54) is 21.4 Å². The molecule has 0 saturated carbocycles.